The molecule has 150 valence electrons. The molecular formula is C26H19N3OS. The summed E-state index contributed by atoms with van der Waals surface area (Å²) in [5.41, 5.74) is 5.65. The van der Waals surface area contributed by atoms with Gasteiger partial charge in [-0.3, -0.25) is 4.79 Å². The summed E-state index contributed by atoms with van der Waals surface area (Å²) < 4.78 is 1.79. The summed E-state index contributed by atoms with van der Waals surface area (Å²) in [6.45, 7) is 2.05. The largest absolute Gasteiger partial charge is 0.288 e. The zero-order valence-corrected chi connectivity index (χ0v) is 17.7. The number of allylic oxidation sites excluding steroid dienone is 1. The normalized spacial score (nSPS) is 12.0. The number of carbonyl (C=O) groups is 1. The van der Waals surface area contributed by atoms with Gasteiger partial charge in [-0.25, -0.2) is 4.68 Å². The Labute approximate surface area is 184 Å². The summed E-state index contributed by atoms with van der Waals surface area (Å²) in [5, 5.41) is 10.8. The van der Waals surface area contributed by atoms with Crippen molar-refractivity contribution in [3.8, 4) is 0 Å². The summed E-state index contributed by atoms with van der Waals surface area (Å²) in [6.07, 6.45) is 0. The molecule has 2 aromatic heterocycles. The van der Waals surface area contributed by atoms with E-state index in [9.17, 15) is 4.79 Å². The van der Waals surface area contributed by atoms with Crippen LogP contribution in [0.1, 0.15) is 26.4 Å². The Bertz CT molecular complexity index is 1400. The van der Waals surface area contributed by atoms with Gasteiger partial charge in [-0.15, -0.1) is 16.4 Å². The lowest BCUT2D eigenvalue weighted by Gasteiger charge is -2.16. The minimum absolute atomic E-state index is 0.0425. The average molecular weight is 422 g/mol. The average Bonchev–Trinajstić information content (AvgIpc) is 3.48. The Morgan fingerprint density at radius 2 is 1.61 bits per heavy atom. The molecule has 0 bridgehead atoms. The van der Waals surface area contributed by atoms with E-state index in [2.05, 4.69) is 16.4 Å². The fourth-order valence-electron chi connectivity index (χ4n) is 3.69. The first-order valence-electron chi connectivity index (χ1n) is 9.98. The second-order valence-corrected chi connectivity index (χ2v) is 8.20. The SMILES string of the molecule is Cc1cccc(/C(=C(\C(=O)c2ccccc2)c2cccs2)n2nnc3ccccc32)c1. The summed E-state index contributed by atoms with van der Waals surface area (Å²) in [7, 11) is 0. The molecule has 0 aliphatic rings. The maximum absolute atomic E-state index is 13.9. The lowest BCUT2D eigenvalue weighted by atomic mass is 9.96. The van der Waals surface area contributed by atoms with Crippen molar-refractivity contribution < 1.29 is 4.79 Å². The summed E-state index contributed by atoms with van der Waals surface area (Å²) in [5.74, 6) is -0.0425. The number of carbonyl (C=O) groups excluding carboxylic acids is 1. The van der Waals surface area contributed by atoms with Gasteiger partial charge in [0.25, 0.3) is 0 Å². The Morgan fingerprint density at radius 3 is 2.39 bits per heavy atom. The van der Waals surface area contributed by atoms with Gasteiger partial charge in [0.2, 0.25) is 0 Å². The molecule has 0 N–H and O–H groups in total. The molecule has 0 spiro atoms. The second kappa shape index (κ2) is 8.13. The number of aromatic nitrogens is 3. The van der Waals surface area contributed by atoms with E-state index >= 15 is 0 Å². The summed E-state index contributed by atoms with van der Waals surface area (Å²) >= 11 is 1.54. The third-order valence-electron chi connectivity index (χ3n) is 5.12. The second-order valence-electron chi connectivity index (χ2n) is 7.26. The van der Waals surface area contributed by atoms with E-state index in [1.165, 1.54) is 0 Å². The topological polar surface area (TPSA) is 47.8 Å². The van der Waals surface area contributed by atoms with E-state index < -0.39 is 0 Å². The highest BCUT2D eigenvalue weighted by Crippen LogP contribution is 2.34. The van der Waals surface area contributed by atoms with Gasteiger partial charge >= 0.3 is 0 Å². The van der Waals surface area contributed by atoms with Crippen molar-refractivity contribution in [1.82, 2.24) is 15.0 Å². The van der Waals surface area contributed by atoms with Crippen LogP contribution in [0.5, 0.6) is 0 Å². The van der Waals surface area contributed by atoms with Crippen LogP contribution in [0.4, 0.5) is 0 Å². The maximum atomic E-state index is 13.9. The summed E-state index contributed by atoms with van der Waals surface area (Å²) in [6, 6.07) is 29.3. The first-order valence-corrected chi connectivity index (χ1v) is 10.9. The van der Waals surface area contributed by atoms with Crippen LogP contribution in [0.2, 0.25) is 0 Å². The Balaban J connectivity index is 1.88. The van der Waals surface area contributed by atoms with Crippen LogP contribution in [0.3, 0.4) is 0 Å². The van der Waals surface area contributed by atoms with Crippen LogP contribution in [0.15, 0.2) is 96.4 Å². The number of nitrogens with zero attached hydrogens (tertiary/aromatic N) is 3. The van der Waals surface area contributed by atoms with Crippen LogP contribution in [-0.2, 0) is 0 Å². The van der Waals surface area contributed by atoms with Crippen molar-refractivity contribution in [2.45, 2.75) is 6.92 Å². The van der Waals surface area contributed by atoms with Crippen LogP contribution < -0.4 is 0 Å². The standard InChI is InChI=1S/C26H19N3OS/c1-18-9-7-12-20(17-18)25(29-22-14-6-5-13-21(22)27-28-29)24(23-15-8-16-31-23)26(30)19-10-3-2-4-11-19/h2-17H,1H3/b25-24+. The summed E-state index contributed by atoms with van der Waals surface area (Å²) in [4.78, 5) is 14.8. The number of aryl methyl sites for hydroxylation is 1. The molecule has 0 unspecified atom stereocenters. The lowest BCUT2D eigenvalue weighted by molar-refractivity contribution is 0.105. The van der Waals surface area contributed by atoms with E-state index in [0.29, 0.717) is 11.1 Å². The Morgan fingerprint density at radius 1 is 0.839 bits per heavy atom. The fourth-order valence-corrected chi connectivity index (χ4v) is 4.46. The molecule has 0 saturated carbocycles. The highest BCUT2D eigenvalue weighted by atomic mass is 32.1. The zero-order valence-electron chi connectivity index (χ0n) is 16.9. The molecule has 2 heterocycles. The van der Waals surface area contributed by atoms with Crippen LogP contribution in [0.25, 0.3) is 22.3 Å². The number of ketones is 1. The first kappa shape index (κ1) is 19.2. The van der Waals surface area contributed by atoms with Gasteiger partial charge in [0.1, 0.15) is 5.52 Å². The van der Waals surface area contributed by atoms with Gasteiger partial charge in [0.15, 0.2) is 5.78 Å². The van der Waals surface area contributed by atoms with Crippen LogP contribution in [0, 0.1) is 6.92 Å². The van der Waals surface area contributed by atoms with Crippen molar-refractivity contribution in [1.29, 1.82) is 0 Å². The Kier molecular flexibility index (Phi) is 5.02. The molecule has 0 amide bonds. The Hall–Kier alpha value is -3.83. The van der Waals surface area contributed by atoms with Gasteiger partial charge in [-0.05, 0) is 36.6 Å². The molecule has 31 heavy (non-hydrogen) atoms. The molecule has 0 saturated heterocycles. The number of rotatable bonds is 5. The monoisotopic (exact) mass is 421 g/mol. The van der Waals surface area contributed by atoms with Gasteiger partial charge in [0, 0.05) is 16.0 Å². The molecule has 5 aromatic rings. The van der Waals surface area contributed by atoms with Crippen LogP contribution >= 0.6 is 11.3 Å². The van der Waals surface area contributed by atoms with Crippen LogP contribution in [-0.4, -0.2) is 20.8 Å². The minimum atomic E-state index is -0.0425. The molecule has 0 aliphatic carbocycles. The smallest absolute Gasteiger partial charge is 0.196 e. The van der Waals surface area contributed by atoms with E-state index in [1.807, 2.05) is 97.2 Å². The molecular weight excluding hydrogens is 402 g/mol. The van der Waals surface area contributed by atoms with Gasteiger partial charge in [-0.1, -0.05) is 77.5 Å². The first-order chi connectivity index (χ1) is 15.2. The van der Waals surface area contributed by atoms with Crippen molar-refractivity contribution in [3.05, 3.63) is 118 Å². The number of thiophene rings is 1. The molecule has 4 nitrogen and oxygen atoms in total. The predicted octanol–water partition coefficient (Wildman–Crippen LogP) is 6.10. The van der Waals surface area contributed by atoms with E-state index in [4.69, 9.17) is 0 Å². The fraction of sp³-hybridized carbons (Fsp3) is 0.0385. The number of para-hydroxylation sites is 1. The van der Waals surface area contributed by atoms with Gasteiger partial charge in [0.05, 0.1) is 16.8 Å². The molecule has 0 atom stereocenters. The highest BCUT2D eigenvalue weighted by Gasteiger charge is 2.24. The molecule has 5 heteroatoms. The van der Waals surface area contributed by atoms with Gasteiger partial charge < -0.3 is 0 Å². The maximum Gasteiger partial charge on any atom is 0.196 e. The van der Waals surface area contributed by atoms with Crippen molar-refractivity contribution in [2.75, 3.05) is 0 Å². The third-order valence-corrected chi connectivity index (χ3v) is 6.01. The highest BCUT2D eigenvalue weighted by molar-refractivity contribution is 7.11. The molecule has 0 radical (unpaired) electrons. The van der Waals surface area contributed by atoms with Crippen molar-refractivity contribution in [2.24, 2.45) is 0 Å². The predicted molar refractivity (Wildman–Crippen MR) is 126 cm³/mol. The third kappa shape index (κ3) is 3.60. The van der Waals surface area contributed by atoms with Crippen molar-refractivity contribution >= 4 is 39.4 Å². The van der Waals surface area contributed by atoms with E-state index in [1.54, 1.807) is 16.0 Å². The van der Waals surface area contributed by atoms with E-state index in [0.717, 1.165) is 32.7 Å². The zero-order chi connectivity index (χ0) is 21.2. The molecule has 3 aromatic carbocycles. The number of hydrogen-bond acceptors (Lipinski definition) is 4. The minimum Gasteiger partial charge on any atom is -0.288 e. The number of fused-ring (bicyclic) bond motifs is 1. The quantitative estimate of drug-likeness (QED) is 0.254. The molecule has 0 fully saturated rings. The molecule has 0 aliphatic heterocycles. The van der Waals surface area contributed by atoms with Gasteiger partial charge in [-0.2, -0.15) is 0 Å². The molecule has 5 rings (SSSR count). The lowest BCUT2D eigenvalue weighted by Crippen LogP contribution is -2.11. The van der Waals surface area contributed by atoms with E-state index in [-0.39, 0.29) is 5.78 Å². The number of Topliss-reactive ketones (excluding diaryl/α,β-unsaturated/α-hetero) is 1. The van der Waals surface area contributed by atoms with Crippen molar-refractivity contribution in [3.63, 3.8) is 0 Å². The number of hydrogen-bond donors (Lipinski definition) is 0. The number of benzene rings is 3.